The van der Waals surface area contributed by atoms with Crippen LogP contribution in [-0.2, 0) is 10.0 Å². The maximum absolute atomic E-state index is 13.9. The van der Waals surface area contributed by atoms with Gasteiger partial charge in [-0.15, -0.1) is 0 Å². The molecule has 2 aromatic carbocycles. The number of benzene rings is 2. The van der Waals surface area contributed by atoms with E-state index in [1.165, 1.54) is 3.97 Å². The van der Waals surface area contributed by atoms with E-state index in [1.54, 1.807) is 43.9 Å². The Labute approximate surface area is 209 Å². The molecule has 3 aromatic heterocycles. The summed E-state index contributed by atoms with van der Waals surface area (Å²) in [7, 11) is -2.36. The Bertz CT molecular complexity index is 1680. The van der Waals surface area contributed by atoms with Gasteiger partial charge in [-0.1, -0.05) is 24.3 Å². The highest BCUT2D eigenvalue weighted by Gasteiger charge is 2.26. The Morgan fingerprint density at radius 1 is 0.917 bits per heavy atom. The van der Waals surface area contributed by atoms with E-state index in [2.05, 4.69) is 9.97 Å². The summed E-state index contributed by atoms with van der Waals surface area (Å²) in [5.74, 6) is 1.31. The summed E-state index contributed by atoms with van der Waals surface area (Å²) in [6, 6.07) is 18.2. The predicted molar refractivity (Wildman–Crippen MR) is 139 cm³/mol. The fourth-order valence-corrected chi connectivity index (χ4v) is 6.45. The van der Waals surface area contributed by atoms with Crippen LogP contribution < -0.4 is 9.47 Å². The zero-order chi connectivity index (χ0) is 24.7. The molecule has 6 rings (SSSR count). The molecule has 1 aliphatic carbocycles. The molecule has 1 aliphatic rings. The van der Waals surface area contributed by atoms with E-state index < -0.39 is 10.0 Å². The highest BCUT2D eigenvalue weighted by atomic mass is 32.2. The van der Waals surface area contributed by atoms with Crippen molar-refractivity contribution in [3.63, 3.8) is 0 Å². The van der Waals surface area contributed by atoms with Gasteiger partial charge in [0.15, 0.2) is 17.1 Å². The van der Waals surface area contributed by atoms with Crippen LogP contribution in [0.15, 0.2) is 84.1 Å². The first kappa shape index (κ1) is 22.5. The predicted octanol–water partition coefficient (Wildman–Crippen LogP) is 5.82. The summed E-state index contributed by atoms with van der Waals surface area (Å²) >= 11 is 0. The number of rotatable bonds is 6. The number of pyridine rings is 2. The summed E-state index contributed by atoms with van der Waals surface area (Å²) in [6.45, 7) is 0. The summed E-state index contributed by atoms with van der Waals surface area (Å²) in [5.41, 5.74) is 2.35. The van der Waals surface area contributed by atoms with Gasteiger partial charge in [-0.25, -0.2) is 17.4 Å². The van der Waals surface area contributed by atoms with Gasteiger partial charge in [-0.3, -0.25) is 4.98 Å². The van der Waals surface area contributed by atoms with Crippen LogP contribution >= 0.6 is 0 Å². The lowest BCUT2D eigenvalue weighted by atomic mass is 10.1. The molecule has 182 valence electrons. The van der Waals surface area contributed by atoms with Crippen molar-refractivity contribution in [3.8, 4) is 22.6 Å². The normalized spacial score (nSPS) is 14.5. The fourth-order valence-electron chi connectivity index (χ4n) is 4.96. The molecule has 0 amide bonds. The van der Waals surface area contributed by atoms with Crippen LogP contribution in [0.2, 0.25) is 0 Å². The third-order valence-corrected chi connectivity index (χ3v) is 8.42. The van der Waals surface area contributed by atoms with Gasteiger partial charge in [0.25, 0.3) is 10.0 Å². The van der Waals surface area contributed by atoms with Gasteiger partial charge in [-0.2, -0.15) is 0 Å². The molecule has 0 bridgehead atoms. The van der Waals surface area contributed by atoms with Crippen molar-refractivity contribution >= 4 is 32.0 Å². The van der Waals surface area contributed by atoms with Crippen LogP contribution in [0.1, 0.15) is 25.7 Å². The van der Waals surface area contributed by atoms with Gasteiger partial charge >= 0.3 is 0 Å². The summed E-state index contributed by atoms with van der Waals surface area (Å²) in [6.07, 6.45) is 9.36. The topological polar surface area (TPSA) is 83.3 Å². The number of nitrogens with zero attached hydrogens (tertiary/aromatic N) is 3. The molecular formula is C28H25N3O4S. The van der Waals surface area contributed by atoms with Crippen LogP contribution in [0.3, 0.4) is 0 Å². The number of hydrogen-bond acceptors (Lipinski definition) is 6. The third-order valence-electron chi connectivity index (χ3n) is 6.73. The number of ether oxygens (including phenoxy) is 2. The molecule has 0 radical (unpaired) electrons. The van der Waals surface area contributed by atoms with Crippen molar-refractivity contribution in [2.45, 2.75) is 36.7 Å². The van der Waals surface area contributed by atoms with Gasteiger partial charge < -0.3 is 9.47 Å². The summed E-state index contributed by atoms with van der Waals surface area (Å²) in [5, 5.41) is 1.48. The first-order valence-corrected chi connectivity index (χ1v) is 13.4. The summed E-state index contributed by atoms with van der Waals surface area (Å²) in [4.78, 5) is 8.93. The second-order valence-corrected chi connectivity index (χ2v) is 10.7. The zero-order valence-corrected chi connectivity index (χ0v) is 20.6. The van der Waals surface area contributed by atoms with E-state index in [4.69, 9.17) is 9.47 Å². The van der Waals surface area contributed by atoms with E-state index in [1.807, 2.05) is 42.5 Å². The molecule has 3 heterocycles. The van der Waals surface area contributed by atoms with Gasteiger partial charge in [0.2, 0.25) is 0 Å². The Morgan fingerprint density at radius 2 is 1.69 bits per heavy atom. The molecule has 0 N–H and O–H groups in total. The highest BCUT2D eigenvalue weighted by molar-refractivity contribution is 7.90. The fraction of sp³-hybridized carbons (Fsp3) is 0.214. The van der Waals surface area contributed by atoms with Crippen molar-refractivity contribution < 1.29 is 17.9 Å². The third kappa shape index (κ3) is 3.78. The zero-order valence-electron chi connectivity index (χ0n) is 19.8. The Hall–Kier alpha value is -3.91. The standard InChI is InChI=1S/C28H25N3O4S/c1-34-24-14-13-20(17-25(24)35-21-9-2-3-10-21)23-18-31(28-22(23)11-6-16-30-28)36(32,33)26-12-4-7-19-8-5-15-29-27(19)26/h4-8,11-18,21H,2-3,9-10H2,1H3. The molecule has 0 aliphatic heterocycles. The lowest BCUT2D eigenvalue weighted by Gasteiger charge is -2.16. The maximum Gasteiger partial charge on any atom is 0.271 e. The molecule has 36 heavy (non-hydrogen) atoms. The smallest absolute Gasteiger partial charge is 0.271 e. The molecule has 0 atom stereocenters. The van der Waals surface area contributed by atoms with Gasteiger partial charge in [-0.05, 0) is 67.6 Å². The molecule has 0 unspecified atom stereocenters. The van der Waals surface area contributed by atoms with Crippen molar-refractivity contribution in [2.75, 3.05) is 7.11 Å². The van der Waals surface area contributed by atoms with E-state index in [0.29, 0.717) is 22.7 Å². The summed E-state index contributed by atoms with van der Waals surface area (Å²) < 4.78 is 41.0. The van der Waals surface area contributed by atoms with E-state index >= 15 is 0 Å². The minimum atomic E-state index is -3.99. The monoisotopic (exact) mass is 499 g/mol. The Kier molecular flexibility index (Phi) is 5.60. The van der Waals surface area contributed by atoms with Crippen molar-refractivity contribution in [1.82, 2.24) is 13.9 Å². The largest absolute Gasteiger partial charge is 0.493 e. The maximum atomic E-state index is 13.9. The molecule has 1 fully saturated rings. The molecule has 8 heteroatoms. The number of fused-ring (bicyclic) bond motifs is 2. The van der Waals surface area contributed by atoms with Crippen LogP contribution in [0.25, 0.3) is 33.1 Å². The molecule has 0 saturated heterocycles. The second kappa shape index (κ2) is 8.95. The lowest BCUT2D eigenvalue weighted by Crippen LogP contribution is -2.13. The first-order valence-electron chi connectivity index (χ1n) is 12.0. The van der Waals surface area contributed by atoms with Crippen molar-refractivity contribution in [3.05, 3.63) is 79.3 Å². The van der Waals surface area contributed by atoms with Crippen LogP contribution in [0, 0.1) is 0 Å². The molecule has 0 spiro atoms. The van der Waals surface area contributed by atoms with E-state index in [9.17, 15) is 8.42 Å². The Morgan fingerprint density at radius 3 is 2.53 bits per heavy atom. The molecule has 1 saturated carbocycles. The Balaban J connectivity index is 1.51. The van der Waals surface area contributed by atoms with Crippen LogP contribution in [0.5, 0.6) is 11.5 Å². The number of aromatic nitrogens is 3. The number of hydrogen-bond donors (Lipinski definition) is 0. The van der Waals surface area contributed by atoms with E-state index in [0.717, 1.165) is 47.6 Å². The molecular weight excluding hydrogens is 474 g/mol. The van der Waals surface area contributed by atoms with Crippen LogP contribution in [-0.4, -0.2) is 35.6 Å². The van der Waals surface area contributed by atoms with Gasteiger partial charge in [0, 0.05) is 34.9 Å². The van der Waals surface area contributed by atoms with Gasteiger partial charge in [0.05, 0.1) is 18.7 Å². The lowest BCUT2D eigenvalue weighted by molar-refractivity contribution is 0.201. The van der Waals surface area contributed by atoms with Gasteiger partial charge in [0.1, 0.15) is 4.90 Å². The number of para-hydroxylation sites is 1. The SMILES string of the molecule is COc1ccc(-c2cn(S(=O)(=O)c3cccc4cccnc34)c3ncccc23)cc1OC1CCCC1. The average Bonchev–Trinajstić information content (AvgIpc) is 3.56. The average molecular weight is 500 g/mol. The quantitative estimate of drug-likeness (QED) is 0.293. The molecule has 7 nitrogen and oxygen atoms in total. The molecule has 5 aromatic rings. The van der Waals surface area contributed by atoms with Crippen molar-refractivity contribution in [2.24, 2.45) is 0 Å². The van der Waals surface area contributed by atoms with Crippen molar-refractivity contribution in [1.29, 1.82) is 0 Å². The minimum absolute atomic E-state index is 0.134. The van der Waals surface area contributed by atoms with Crippen LogP contribution in [0.4, 0.5) is 0 Å². The second-order valence-electron chi connectivity index (χ2n) is 8.94. The number of methoxy groups -OCH3 is 1. The minimum Gasteiger partial charge on any atom is -0.493 e. The van der Waals surface area contributed by atoms with E-state index in [-0.39, 0.29) is 11.0 Å². The first-order chi connectivity index (χ1) is 17.6. The highest BCUT2D eigenvalue weighted by Crippen LogP contribution is 2.39.